The normalized spacial score (nSPS) is 20.1. The van der Waals surface area contributed by atoms with Gasteiger partial charge in [0, 0.05) is 12.6 Å². The van der Waals surface area contributed by atoms with E-state index in [0.29, 0.717) is 26.4 Å². The average Bonchev–Trinajstić information content (AvgIpc) is 3.27. The van der Waals surface area contributed by atoms with Crippen LogP contribution < -0.4 is 18.9 Å². The Morgan fingerprint density at radius 1 is 0.862 bits per heavy atom. The summed E-state index contributed by atoms with van der Waals surface area (Å²) in [6, 6.07) is 11.8. The molecule has 1 saturated heterocycles. The first-order chi connectivity index (χ1) is 14.3. The summed E-state index contributed by atoms with van der Waals surface area (Å²) < 4.78 is 22.5. The van der Waals surface area contributed by atoms with Gasteiger partial charge < -0.3 is 23.8 Å². The molecule has 29 heavy (non-hydrogen) atoms. The number of carbonyl (C=O) groups is 1. The fraction of sp³-hybridized carbons (Fsp3) is 0.348. The van der Waals surface area contributed by atoms with Gasteiger partial charge in [0.15, 0.2) is 23.0 Å². The third kappa shape index (κ3) is 3.62. The molecule has 0 aliphatic carbocycles. The van der Waals surface area contributed by atoms with Gasteiger partial charge in [-0.3, -0.25) is 4.79 Å². The maximum Gasteiger partial charge on any atom is 0.247 e. The Hall–Kier alpha value is -3.15. The summed E-state index contributed by atoms with van der Waals surface area (Å²) in [7, 11) is 0. The van der Waals surface area contributed by atoms with Crippen LogP contribution in [-0.2, 0) is 4.79 Å². The molecule has 3 aliphatic rings. The highest BCUT2D eigenvalue weighted by Gasteiger charge is 2.29. The highest BCUT2D eigenvalue weighted by molar-refractivity contribution is 5.92. The molecule has 1 unspecified atom stereocenters. The third-order valence-corrected chi connectivity index (χ3v) is 5.47. The van der Waals surface area contributed by atoms with Crippen molar-refractivity contribution < 1.29 is 23.7 Å². The molecule has 1 fully saturated rings. The third-order valence-electron chi connectivity index (χ3n) is 5.47. The molecule has 0 saturated carbocycles. The van der Waals surface area contributed by atoms with Gasteiger partial charge >= 0.3 is 0 Å². The Bertz CT molecular complexity index is 954. The van der Waals surface area contributed by atoms with Gasteiger partial charge in [0.1, 0.15) is 26.4 Å². The van der Waals surface area contributed by atoms with Gasteiger partial charge in [-0.1, -0.05) is 12.1 Å². The zero-order valence-corrected chi connectivity index (χ0v) is 16.1. The Morgan fingerprint density at radius 3 is 2.28 bits per heavy atom. The highest BCUT2D eigenvalue weighted by Crippen LogP contribution is 2.38. The van der Waals surface area contributed by atoms with Crippen molar-refractivity contribution in [3.63, 3.8) is 0 Å². The molecule has 6 nitrogen and oxygen atoms in total. The van der Waals surface area contributed by atoms with E-state index in [9.17, 15) is 4.79 Å². The molecule has 2 aromatic rings. The first-order valence-electron chi connectivity index (χ1n) is 10.1. The molecule has 3 aliphatic heterocycles. The van der Waals surface area contributed by atoms with Gasteiger partial charge in [0.25, 0.3) is 0 Å². The monoisotopic (exact) mass is 393 g/mol. The van der Waals surface area contributed by atoms with Crippen LogP contribution in [0.4, 0.5) is 0 Å². The van der Waals surface area contributed by atoms with Gasteiger partial charge in [-0.05, 0) is 54.3 Å². The van der Waals surface area contributed by atoms with Crippen LogP contribution in [0.3, 0.4) is 0 Å². The first kappa shape index (κ1) is 17.9. The molecule has 150 valence electrons. The van der Waals surface area contributed by atoms with E-state index in [1.807, 2.05) is 47.4 Å². The first-order valence-corrected chi connectivity index (χ1v) is 10.1. The number of amides is 1. The second-order valence-electron chi connectivity index (χ2n) is 7.33. The van der Waals surface area contributed by atoms with Gasteiger partial charge in [0.05, 0.1) is 6.04 Å². The summed E-state index contributed by atoms with van der Waals surface area (Å²) in [5.74, 6) is 3.02. The van der Waals surface area contributed by atoms with Crippen molar-refractivity contribution in [1.82, 2.24) is 4.90 Å². The van der Waals surface area contributed by atoms with E-state index in [4.69, 9.17) is 18.9 Å². The van der Waals surface area contributed by atoms with Crippen molar-refractivity contribution in [1.29, 1.82) is 0 Å². The van der Waals surface area contributed by atoms with E-state index < -0.39 is 0 Å². The molecule has 5 rings (SSSR count). The summed E-state index contributed by atoms with van der Waals surface area (Å²) >= 11 is 0. The Labute approximate surface area is 169 Å². The minimum atomic E-state index is 0.0114. The standard InChI is InChI=1S/C23H23NO5/c25-23(8-4-16-3-6-19-21(14-16)28-12-10-26-19)24-9-1-2-18(24)17-5-7-20-22(15-17)29-13-11-27-20/h3-8,14-15,18H,1-2,9-13H2. The maximum atomic E-state index is 12.9. The number of hydrogen-bond acceptors (Lipinski definition) is 5. The lowest BCUT2D eigenvalue weighted by atomic mass is 10.0. The van der Waals surface area contributed by atoms with Crippen molar-refractivity contribution in [2.45, 2.75) is 18.9 Å². The van der Waals surface area contributed by atoms with E-state index in [0.717, 1.165) is 53.5 Å². The summed E-state index contributed by atoms with van der Waals surface area (Å²) in [4.78, 5) is 14.8. The molecule has 3 heterocycles. The van der Waals surface area contributed by atoms with Crippen LogP contribution in [0.5, 0.6) is 23.0 Å². The van der Waals surface area contributed by atoms with Crippen LogP contribution in [0.1, 0.15) is 30.0 Å². The van der Waals surface area contributed by atoms with E-state index in [1.54, 1.807) is 6.08 Å². The number of nitrogens with zero attached hydrogens (tertiary/aromatic N) is 1. The number of ether oxygens (including phenoxy) is 4. The molecular formula is C23H23NO5. The minimum absolute atomic E-state index is 0.0114. The van der Waals surface area contributed by atoms with E-state index >= 15 is 0 Å². The largest absolute Gasteiger partial charge is 0.486 e. The fourth-order valence-electron chi connectivity index (χ4n) is 4.07. The summed E-state index contributed by atoms with van der Waals surface area (Å²) in [6.45, 7) is 3.00. The number of fused-ring (bicyclic) bond motifs is 2. The van der Waals surface area contributed by atoms with Crippen molar-refractivity contribution in [3.8, 4) is 23.0 Å². The average molecular weight is 393 g/mol. The molecule has 2 aromatic carbocycles. The van der Waals surface area contributed by atoms with Crippen molar-refractivity contribution in [3.05, 3.63) is 53.6 Å². The lowest BCUT2D eigenvalue weighted by molar-refractivity contribution is -0.126. The number of benzene rings is 2. The molecule has 0 spiro atoms. The van der Waals surface area contributed by atoms with Crippen molar-refractivity contribution >= 4 is 12.0 Å². The summed E-state index contributed by atoms with van der Waals surface area (Å²) in [5, 5.41) is 0. The second-order valence-corrected chi connectivity index (χ2v) is 7.33. The Balaban J connectivity index is 1.32. The second kappa shape index (κ2) is 7.70. The zero-order chi connectivity index (χ0) is 19.6. The van der Waals surface area contributed by atoms with Gasteiger partial charge in [-0.25, -0.2) is 0 Å². The number of likely N-dealkylation sites (tertiary alicyclic amines) is 1. The quantitative estimate of drug-likeness (QED) is 0.746. The maximum absolute atomic E-state index is 12.9. The van der Waals surface area contributed by atoms with Crippen LogP contribution in [0, 0.1) is 0 Å². The van der Waals surface area contributed by atoms with Crippen LogP contribution in [0.15, 0.2) is 42.5 Å². The van der Waals surface area contributed by atoms with Crippen LogP contribution >= 0.6 is 0 Å². The van der Waals surface area contributed by atoms with Crippen LogP contribution in [-0.4, -0.2) is 43.8 Å². The van der Waals surface area contributed by atoms with Crippen LogP contribution in [0.2, 0.25) is 0 Å². The molecule has 0 radical (unpaired) electrons. The lowest BCUT2D eigenvalue weighted by Gasteiger charge is -2.26. The Morgan fingerprint density at radius 2 is 1.52 bits per heavy atom. The van der Waals surface area contributed by atoms with E-state index in [1.165, 1.54) is 0 Å². The number of carbonyl (C=O) groups excluding carboxylic acids is 1. The van der Waals surface area contributed by atoms with Gasteiger partial charge in [0.2, 0.25) is 5.91 Å². The van der Waals surface area contributed by atoms with E-state index in [-0.39, 0.29) is 11.9 Å². The lowest BCUT2D eigenvalue weighted by Crippen LogP contribution is -2.29. The molecule has 6 heteroatoms. The smallest absolute Gasteiger partial charge is 0.247 e. The molecule has 1 atom stereocenters. The van der Waals surface area contributed by atoms with E-state index in [2.05, 4.69) is 0 Å². The van der Waals surface area contributed by atoms with Crippen LogP contribution in [0.25, 0.3) is 6.08 Å². The summed E-state index contributed by atoms with van der Waals surface area (Å²) in [6.07, 6.45) is 5.41. The van der Waals surface area contributed by atoms with Crippen molar-refractivity contribution in [2.75, 3.05) is 33.0 Å². The molecule has 1 amide bonds. The van der Waals surface area contributed by atoms with Gasteiger partial charge in [-0.2, -0.15) is 0 Å². The predicted octanol–water partition coefficient (Wildman–Crippen LogP) is 3.61. The van der Waals surface area contributed by atoms with Crippen molar-refractivity contribution in [2.24, 2.45) is 0 Å². The SMILES string of the molecule is O=C(C=Cc1ccc2c(c1)OCCO2)N1CCCC1c1ccc2c(c1)OCCO2. The zero-order valence-electron chi connectivity index (χ0n) is 16.1. The van der Waals surface area contributed by atoms with Gasteiger partial charge in [-0.15, -0.1) is 0 Å². The fourth-order valence-corrected chi connectivity index (χ4v) is 4.07. The predicted molar refractivity (Wildman–Crippen MR) is 108 cm³/mol. The molecular weight excluding hydrogens is 370 g/mol. The Kier molecular flexibility index (Phi) is 4.76. The summed E-state index contributed by atoms with van der Waals surface area (Å²) in [5.41, 5.74) is 2.01. The number of rotatable bonds is 3. The molecule has 0 bridgehead atoms. The topological polar surface area (TPSA) is 57.2 Å². The molecule has 0 N–H and O–H groups in total. The number of hydrogen-bond donors (Lipinski definition) is 0. The minimum Gasteiger partial charge on any atom is -0.486 e. The molecule has 0 aromatic heterocycles. The highest BCUT2D eigenvalue weighted by atomic mass is 16.6.